The van der Waals surface area contributed by atoms with Gasteiger partial charge < -0.3 is 10.2 Å². The van der Waals surface area contributed by atoms with Gasteiger partial charge in [0, 0.05) is 44.8 Å². The minimum Gasteiger partial charge on any atom is -0.326 e. The molecule has 0 radical (unpaired) electrons. The summed E-state index contributed by atoms with van der Waals surface area (Å²) in [4.78, 5) is 14.0. The molecule has 1 N–H and O–H groups in total. The van der Waals surface area contributed by atoms with Crippen molar-refractivity contribution in [3.05, 3.63) is 30.3 Å². The number of rotatable bonds is 5. The zero-order valence-corrected chi connectivity index (χ0v) is 13.0. The maximum Gasteiger partial charge on any atom is 0.225 e. The zero-order chi connectivity index (χ0) is 15.3. The molecule has 1 saturated heterocycles. The van der Waals surface area contributed by atoms with Crippen LogP contribution in [0.15, 0.2) is 30.3 Å². The van der Waals surface area contributed by atoms with Gasteiger partial charge in [0.25, 0.3) is 0 Å². The Morgan fingerprint density at radius 2 is 1.76 bits per heavy atom. The molecule has 0 unspecified atom stereocenters. The van der Waals surface area contributed by atoms with Gasteiger partial charge in [0.1, 0.15) is 0 Å². The monoisotopic (exact) mass is 311 g/mol. The molecule has 1 aromatic carbocycles. The molecule has 1 fully saturated rings. The average Bonchev–Trinajstić information content (AvgIpc) is 2.46. The second kappa shape index (κ2) is 7.02. The Morgan fingerprint density at radius 1 is 1.14 bits per heavy atom. The first-order valence-electron chi connectivity index (χ1n) is 6.97. The van der Waals surface area contributed by atoms with E-state index >= 15 is 0 Å². The highest BCUT2D eigenvalue weighted by Gasteiger charge is 2.23. The van der Waals surface area contributed by atoms with Gasteiger partial charge in [-0.3, -0.25) is 4.79 Å². The normalized spacial score (nSPS) is 17.6. The Morgan fingerprint density at radius 3 is 2.33 bits per heavy atom. The average molecular weight is 311 g/mol. The maximum atomic E-state index is 11.8. The molecule has 2 rings (SSSR count). The molecular formula is C14H21N3O3S. The SMILES string of the molecule is CS(=O)(=O)N1CCN(CCC(=O)Nc2ccccc2)CC1. The number of nitrogens with zero attached hydrogens (tertiary/aromatic N) is 2. The van der Waals surface area contributed by atoms with E-state index < -0.39 is 10.0 Å². The lowest BCUT2D eigenvalue weighted by molar-refractivity contribution is -0.116. The number of amides is 1. The standard InChI is InChI=1S/C14H21N3O3S/c1-21(19,20)17-11-9-16(10-12-17)8-7-14(18)15-13-5-3-2-4-6-13/h2-6H,7-12H2,1H3,(H,15,18). The zero-order valence-electron chi connectivity index (χ0n) is 12.2. The summed E-state index contributed by atoms with van der Waals surface area (Å²) in [7, 11) is -3.09. The number of carbonyl (C=O) groups excluding carboxylic acids is 1. The highest BCUT2D eigenvalue weighted by molar-refractivity contribution is 7.88. The summed E-state index contributed by atoms with van der Waals surface area (Å²) >= 11 is 0. The molecule has 0 saturated carbocycles. The fourth-order valence-electron chi connectivity index (χ4n) is 2.29. The molecule has 21 heavy (non-hydrogen) atoms. The van der Waals surface area contributed by atoms with E-state index in [1.165, 1.54) is 10.6 Å². The lowest BCUT2D eigenvalue weighted by atomic mass is 10.3. The van der Waals surface area contributed by atoms with Gasteiger partial charge in [0.05, 0.1) is 6.26 Å². The predicted molar refractivity (Wildman–Crippen MR) is 82.5 cm³/mol. The third-order valence-electron chi connectivity index (χ3n) is 3.51. The number of piperazine rings is 1. The number of hydrogen-bond acceptors (Lipinski definition) is 4. The van der Waals surface area contributed by atoms with Crippen LogP contribution in [0.5, 0.6) is 0 Å². The van der Waals surface area contributed by atoms with Gasteiger partial charge in [-0.15, -0.1) is 0 Å². The fourth-order valence-corrected chi connectivity index (χ4v) is 3.12. The van der Waals surface area contributed by atoms with Gasteiger partial charge in [0.2, 0.25) is 15.9 Å². The minimum atomic E-state index is -3.09. The van der Waals surface area contributed by atoms with E-state index in [4.69, 9.17) is 0 Å². The first-order chi connectivity index (χ1) is 9.95. The number of anilines is 1. The molecule has 116 valence electrons. The van der Waals surface area contributed by atoms with E-state index in [9.17, 15) is 13.2 Å². The van der Waals surface area contributed by atoms with E-state index in [1.807, 2.05) is 30.3 Å². The van der Waals surface area contributed by atoms with Gasteiger partial charge in [-0.25, -0.2) is 8.42 Å². The number of sulfonamides is 1. The molecule has 1 aliphatic heterocycles. The van der Waals surface area contributed by atoms with Crippen LogP contribution in [0.2, 0.25) is 0 Å². The molecule has 0 atom stereocenters. The summed E-state index contributed by atoms with van der Waals surface area (Å²) in [5.41, 5.74) is 0.796. The molecule has 7 heteroatoms. The van der Waals surface area contributed by atoms with Crippen LogP contribution >= 0.6 is 0 Å². The quantitative estimate of drug-likeness (QED) is 0.864. The first kappa shape index (κ1) is 15.9. The van der Waals surface area contributed by atoms with Crippen LogP contribution in [-0.2, 0) is 14.8 Å². The van der Waals surface area contributed by atoms with Crippen LogP contribution in [0, 0.1) is 0 Å². The molecule has 0 spiro atoms. The number of carbonyl (C=O) groups is 1. The first-order valence-corrected chi connectivity index (χ1v) is 8.82. The molecule has 0 aromatic heterocycles. The number of para-hydroxylation sites is 1. The Bertz CT molecular complexity index is 566. The molecule has 1 aromatic rings. The summed E-state index contributed by atoms with van der Waals surface area (Å²) in [6.45, 7) is 2.99. The van der Waals surface area contributed by atoms with Gasteiger partial charge in [-0.2, -0.15) is 4.31 Å². The number of benzene rings is 1. The smallest absolute Gasteiger partial charge is 0.225 e. The van der Waals surface area contributed by atoms with Gasteiger partial charge in [0.15, 0.2) is 0 Å². The Labute approximate surface area is 125 Å². The topological polar surface area (TPSA) is 69.7 Å². The van der Waals surface area contributed by atoms with Crippen molar-refractivity contribution < 1.29 is 13.2 Å². The highest BCUT2D eigenvalue weighted by Crippen LogP contribution is 2.08. The van der Waals surface area contributed by atoms with Gasteiger partial charge in [-0.1, -0.05) is 18.2 Å². The maximum absolute atomic E-state index is 11.8. The van der Waals surface area contributed by atoms with Crippen molar-refractivity contribution in [3.8, 4) is 0 Å². The summed E-state index contributed by atoms with van der Waals surface area (Å²) in [5, 5.41) is 2.84. The van der Waals surface area contributed by atoms with E-state index in [1.54, 1.807) is 0 Å². The van der Waals surface area contributed by atoms with Crippen molar-refractivity contribution >= 4 is 21.6 Å². The Hall–Kier alpha value is -1.44. The Kier molecular flexibility index (Phi) is 5.33. The summed E-state index contributed by atoms with van der Waals surface area (Å²) < 4.78 is 24.3. The van der Waals surface area contributed by atoms with Crippen LogP contribution < -0.4 is 5.32 Å². The van der Waals surface area contributed by atoms with Gasteiger partial charge in [-0.05, 0) is 12.1 Å². The molecule has 1 aliphatic rings. The third kappa shape index (κ3) is 5.11. The number of nitrogens with one attached hydrogen (secondary N) is 1. The van der Waals surface area contributed by atoms with Crippen LogP contribution in [0.25, 0.3) is 0 Å². The number of hydrogen-bond donors (Lipinski definition) is 1. The molecule has 1 heterocycles. The largest absolute Gasteiger partial charge is 0.326 e. The molecule has 1 amide bonds. The van der Waals surface area contributed by atoms with Crippen molar-refractivity contribution in [1.29, 1.82) is 0 Å². The second-order valence-electron chi connectivity index (χ2n) is 5.17. The molecule has 6 nitrogen and oxygen atoms in total. The lowest BCUT2D eigenvalue weighted by Gasteiger charge is -2.32. The fraction of sp³-hybridized carbons (Fsp3) is 0.500. The van der Waals surface area contributed by atoms with Crippen LogP contribution in [0.3, 0.4) is 0 Å². The van der Waals surface area contributed by atoms with Crippen molar-refractivity contribution in [2.75, 3.05) is 44.3 Å². The summed E-state index contributed by atoms with van der Waals surface area (Å²) in [5.74, 6) is -0.0215. The van der Waals surface area contributed by atoms with E-state index in [2.05, 4.69) is 10.2 Å². The van der Waals surface area contributed by atoms with Crippen LogP contribution in [-0.4, -0.2) is 62.5 Å². The van der Waals surface area contributed by atoms with E-state index in [0.29, 0.717) is 39.1 Å². The van der Waals surface area contributed by atoms with Crippen LogP contribution in [0.1, 0.15) is 6.42 Å². The van der Waals surface area contributed by atoms with Gasteiger partial charge >= 0.3 is 0 Å². The minimum absolute atomic E-state index is 0.0215. The van der Waals surface area contributed by atoms with E-state index in [-0.39, 0.29) is 5.91 Å². The predicted octanol–water partition coefficient (Wildman–Crippen LogP) is 0.592. The molecule has 0 bridgehead atoms. The Balaban J connectivity index is 1.71. The lowest BCUT2D eigenvalue weighted by Crippen LogP contribution is -2.48. The molecule has 0 aliphatic carbocycles. The molecular weight excluding hydrogens is 290 g/mol. The summed E-state index contributed by atoms with van der Waals surface area (Å²) in [6.07, 6.45) is 1.64. The van der Waals surface area contributed by atoms with Crippen LogP contribution in [0.4, 0.5) is 5.69 Å². The summed E-state index contributed by atoms with van der Waals surface area (Å²) in [6, 6.07) is 9.35. The van der Waals surface area contributed by atoms with Crippen molar-refractivity contribution in [2.45, 2.75) is 6.42 Å². The second-order valence-corrected chi connectivity index (χ2v) is 7.15. The van der Waals surface area contributed by atoms with E-state index in [0.717, 1.165) is 5.69 Å². The van der Waals surface area contributed by atoms with Crippen molar-refractivity contribution in [1.82, 2.24) is 9.21 Å². The highest BCUT2D eigenvalue weighted by atomic mass is 32.2. The van der Waals surface area contributed by atoms with Crippen molar-refractivity contribution in [3.63, 3.8) is 0 Å². The van der Waals surface area contributed by atoms with Crippen molar-refractivity contribution in [2.24, 2.45) is 0 Å². The third-order valence-corrected chi connectivity index (χ3v) is 4.82.